The molecule has 1 amide bonds. The number of hydrogen-bond acceptors (Lipinski definition) is 6. The molecule has 0 spiro atoms. The molecule has 2 heterocycles. The zero-order valence-corrected chi connectivity index (χ0v) is 19.0. The molecule has 0 aliphatic heterocycles. The predicted molar refractivity (Wildman–Crippen MR) is 128 cm³/mol. The van der Waals surface area contributed by atoms with Crippen LogP contribution in [0, 0.1) is 13.8 Å². The number of hydrogen-bond donors (Lipinski definition) is 2. The average Bonchev–Trinajstić information content (AvgIpc) is 3.32. The molecule has 162 valence electrons. The summed E-state index contributed by atoms with van der Waals surface area (Å²) in [6.45, 7) is 3.79. The number of nitrogens with one attached hydrogen (secondary N) is 1. The first-order valence-corrected chi connectivity index (χ1v) is 11.6. The molecule has 2 N–H and O–H groups in total. The second-order valence-electron chi connectivity index (χ2n) is 7.01. The summed E-state index contributed by atoms with van der Waals surface area (Å²) in [6.07, 6.45) is 1.57. The highest BCUT2D eigenvalue weighted by Crippen LogP contribution is 2.29. The first-order valence-electron chi connectivity index (χ1n) is 9.76. The number of rotatable bonds is 7. The maximum atomic E-state index is 12.2. The van der Waals surface area contributed by atoms with Crippen molar-refractivity contribution in [2.45, 2.75) is 18.2 Å². The molecule has 0 bridgehead atoms. The summed E-state index contributed by atoms with van der Waals surface area (Å²) in [5.74, 6) is -1.00. The molecule has 4 aromatic rings. The fourth-order valence-electron chi connectivity index (χ4n) is 3.38. The molecule has 0 aliphatic rings. The number of thiazole rings is 1. The van der Waals surface area contributed by atoms with Crippen molar-refractivity contribution >= 4 is 51.4 Å². The maximum Gasteiger partial charge on any atom is 0.337 e. The smallest absolute Gasteiger partial charge is 0.337 e. The number of fused-ring (bicyclic) bond motifs is 1. The number of carboxylic acids is 1. The van der Waals surface area contributed by atoms with Gasteiger partial charge in [0.05, 0.1) is 33.4 Å². The van der Waals surface area contributed by atoms with Gasteiger partial charge in [0, 0.05) is 17.0 Å². The largest absolute Gasteiger partial charge is 0.478 e. The van der Waals surface area contributed by atoms with Crippen molar-refractivity contribution in [1.82, 2.24) is 15.0 Å². The van der Waals surface area contributed by atoms with Crippen molar-refractivity contribution in [1.29, 1.82) is 0 Å². The van der Waals surface area contributed by atoms with E-state index in [-0.39, 0.29) is 17.2 Å². The number of carbonyl (C=O) groups excluding carboxylic acids is 1. The summed E-state index contributed by atoms with van der Waals surface area (Å²) < 4.78 is 3.80. The van der Waals surface area contributed by atoms with Crippen molar-refractivity contribution in [3.05, 3.63) is 77.1 Å². The molecule has 2 aromatic carbocycles. The molecule has 0 aliphatic carbocycles. The van der Waals surface area contributed by atoms with Gasteiger partial charge in [0.1, 0.15) is 0 Å². The Morgan fingerprint density at radius 3 is 2.72 bits per heavy atom. The lowest BCUT2D eigenvalue weighted by Gasteiger charge is -2.12. The summed E-state index contributed by atoms with van der Waals surface area (Å²) in [6, 6.07) is 16.6. The van der Waals surface area contributed by atoms with Gasteiger partial charge >= 0.3 is 5.97 Å². The van der Waals surface area contributed by atoms with Crippen LogP contribution in [0.15, 0.2) is 64.0 Å². The highest BCUT2D eigenvalue weighted by molar-refractivity contribution is 8.01. The first-order chi connectivity index (χ1) is 15.4. The molecule has 4 rings (SSSR count). The number of amides is 1. The number of hydrazone groups is 1. The van der Waals surface area contributed by atoms with E-state index in [1.54, 1.807) is 41.8 Å². The van der Waals surface area contributed by atoms with Crippen LogP contribution in [0.5, 0.6) is 0 Å². The summed E-state index contributed by atoms with van der Waals surface area (Å²) >= 11 is 2.93. The molecular formula is C23H20N4O3S2. The van der Waals surface area contributed by atoms with Crippen LogP contribution in [0.1, 0.15) is 27.3 Å². The molecule has 0 radical (unpaired) electrons. The van der Waals surface area contributed by atoms with Crippen molar-refractivity contribution < 1.29 is 14.7 Å². The Balaban J connectivity index is 1.42. The fraction of sp³-hybridized carbons (Fsp3) is 0.130. The van der Waals surface area contributed by atoms with Gasteiger partial charge in [-0.25, -0.2) is 15.2 Å². The van der Waals surface area contributed by atoms with Crippen molar-refractivity contribution in [3.8, 4) is 5.69 Å². The van der Waals surface area contributed by atoms with E-state index in [2.05, 4.69) is 15.5 Å². The SMILES string of the molecule is Cc1cc(/C=N/NC(=O)CSc2nc3ccccc3s2)c(C)n1-c1ccccc1C(=O)O. The average molecular weight is 465 g/mol. The molecule has 0 atom stereocenters. The predicted octanol–water partition coefficient (Wildman–Crippen LogP) is 4.64. The number of aryl methyl sites for hydroxylation is 1. The van der Waals surface area contributed by atoms with Crippen LogP contribution in [0.2, 0.25) is 0 Å². The normalized spacial score (nSPS) is 11.3. The lowest BCUT2D eigenvalue weighted by molar-refractivity contribution is -0.118. The number of para-hydroxylation sites is 2. The van der Waals surface area contributed by atoms with Crippen LogP contribution in [-0.4, -0.2) is 38.5 Å². The third-order valence-corrected chi connectivity index (χ3v) is 7.02. The van der Waals surface area contributed by atoms with E-state index in [4.69, 9.17) is 0 Å². The minimum atomic E-state index is -0.985. The fourth-order valence-corrected chi connectivity index (χ4v) is 5.25. The highest BCUT2D eigenvalue weighted by Gasteiger charge is 2.16. The maximum absolute atomic E-state index is 12.2. The molecule has 0 saturated heterocycles. The van der Waals surface area contributed by atoms with Gasteiger partial charge in [0.2, 0.25) is 0 Å². The number of aromatic nitrogens is 2. The first kappa shape index (κ1) is 21.8. The van der Waals surface area contributed by atoms with Crippen LogP contribution >= 0.6 is 23.1 Å². The third-order valence-electron chi connectivity index (χ3n) is 4.84. The number of nitrogens with zero attached hydrogens (tertiary/aromatic N) is 3. The standard InChI is InChI=1S/C23H20N4O3S2/c1-14-11-16(15(2)27(14)19-9-5-3-7-17(19)22(29)30)12-24-26-21(28)13-31-23-25-18-8-4-6-10-20(18)32-23/h3-12H,13H2,1-2H3,(H,26,28)(H,29,30)/b24-12+. The number of thioether (sulfide) groups is 1. The Morgan fingerprint density at radius 1 is 1.19 bits per heavy atom. The highest BCUT2D eigenvalue weighted by atomic mass is 32.2. The Labute approximate surface area is 192 Å². The summed E-state index contributed by atoms with van der Waals surface area (Å²) in [5.41, 5.74) is 6.78. The Hall–Kier alpha value is -3.43. The van der Waals surface area contributed by atoms with Crippen molar-refractivity contribution in [2.24, 2.45) is 5.10 Å². The topological polar surface area (TPSA) is 96.6 Å². The molecule has 32 heavy (non-hydrogen) atoms. The van der Waals surface area contributed by atoms with Gasteiger partial charge in [-0.15, -0.1) is 11.3 Å². The van der Waals surface area contributed by atoms with Gasteiger partial charge in [-0.1, -0.05) is 36.0 Å². The minimum Gasteiger partial charge on any atom is -0.478 e. The molecule has 0 saturated carbocycles. The number of carbonyl (C=O) groups is 2. The Bertz CT molecular complexity index is 1310. The molecule has 9 heteroatoms. The lowest BCUT2D eigenvalue weighted by atomic mass is 10.1. The van der Waals surface area contributed by atoms with Gasteiger partial charge in [-0.2, -0.15) is 5.10 Å². The Morgan fingerprint density at radius 2 is 1.94 bits per heavy atom. The molecule has 2 aromatic heterocycles. The summed E-state index contributed by atoms with van der Waals surface area (Å²) in [7, 11) is 0. The molecule has 0 unspecified atom stereocenters. The van der Waals surface area contributed by atoms with E-state index in [1.165, 1.54) is 11.8 Å². The zero-order valence-electron chi connectivity index (χ0n) is 17.4. The van der Waals surface area contributed by atoms with E-state index in [0.717, 1.165) is 31.5 Å². The van der Waals surface area contributed by atoms with Crippen LogP contribution in [-0.2, 0) is 4.79 Å². The van der Waals surface area contributed by atoms with E-state index >= 15 is 0 Å². The van der Waals surface area contributed by atoms with Crippen molar-refractivity contribution in [3.63, 3.8) is 0 Å². The van der Waals surface area contributed by atoms with Crippen LogP contribution in [0.25, 0.3) is 15.9 Å². The molecular weight excluding hydrogens is 444 g/mol. The minimum absolute atomic E-state index is 0.210. The van der Waals surface area contributed by atoms with E-state index < -0.39 is 5.97 Å². The van der Waals surface area contributed by atoms with Crippen LogP contribution in [0.4, 0.5) is 0 Å². The zero-order chi connectivity index (χ0) is 22.7. The molecule has 0 fully saturated rings. The van der Waals surface area contributed by atoms with E-state index in [9.17, 15) is 14.7 Å². The van der Waals surface area contributed by atoms with Gasteiger partial charge in [-0.3, -0.25) is 4.79 Å². The Kier molecular flexibility index (Phi) is 6.38. The number of carboxylic acid groups (broad SMARTS) is 1. The second-order valence-corrected chi connectivity index (χ2v) is 9.27. The molecule has 7 nitrogen and oxygen atoms in total. The quantitative estimate of drug-likeness (QED) is 0.236. The second kappa shape index (κ2) is 9.37. The van der Waals surface area contributed by atoms with Gasteiger partial charge in [-0.05, 0) is 44.2 Å². The van der Waals surface area contributed by atoms with Gasteiger partial charge in [0.15, 0.2) is 4.34 Å². The summed E-state index contributed by atoms with van der Waals surface area (Å²) in [4.78, 5) is 28.3. The van der Waals surface area contributed by atoms with E-state index in [0.29, 0.717) is 5.69 Å². The monoisotopic (exact) mass is 464 g/mol. The number of aromatic carboxylic acids is 1. The summed E-state index contributed by atoms with van der Waals surface area (Å²) in [5, 5.41) is 13.6. The van der Waals surface area contributed by atoms with Gasteiger partial charge in [0.25, 0.3) is 5.91 Å². The van der Waals surface area contributed by atoms with Crippen LogP contribution < -0.4 is 5.43 Å². The van der Waals surface area contributed by atoms with E-state index in [1.807, 2.05) is 48.7 Å². The van der Waals surface area contributed by atoms with Crippen LogP contribution in [0.3, 0.4) is 0 Å². The lowest BCUT2D eigenvalue weighted by Crippen LogP contribution is -2.19. The van der Waals surface area contributed by atoms with Crippen molar-refractivity contribution in [2.75, 3.05) is 5.75 Å². The van der Waals surface area contributed by atoms with Gasteiger partial charge < -0.3 is 9.67 Å². The number of benzene rings is 2. The third kappa shape index (κ3) is 4.58.